The Kier molecular flexibility index (Phi) is 2.70. The van der Waals surface area contributed by atoms with Crippen LogP contribution in [0.4, 0.5) is 0 Å². The molecule has 2 aromatic rings. The summed E-state index contributed by atoms with van der Waals surface area (Å²) in [4.78, 5) is 4.49. The van der Waals surface area contributed by atoms with Crippen LogP contribution in [-0.2, 0) is 13.1 Å². The molecule has 3 heterocycles. The topological polar surface area (TPSA) is 47.7 Å². The molecule has 18 heavy (non-hydrogen) atoms. The van der Waals surface area contributed by atoms with E-state index < -0.39 is 0 Å². The molecule has 0 bridgehead atoms. The Labute approximate surface area is 107 Å². The summed E-state index contributed by atoms with van der Waals surface area (Å²) in [5.74, 6) is 1.12. The lowest BCUT2D eigenvalue weighted by molar-refractivity contribution is 0.508. The Hall–Kier alpha value is -1.62. The zero-order valence-corrected chi connectivity index (χ0v) is 11.1. The summed E-state index contributed by atoms with van der Waals surface area (Å²) >= 11 is 0. The van der Waals surface area contributed by atoms with Gasteiger partial charge in [-0.2, -0.15) is 5.10 Å². The van der Waals surface area contributed by atoms with E-state index in [2.05, 4.69) is 46.9 Å². The number of hydrogen-bond donors (Lipinski definition) is 1. The predicted octanol–water partition coefficient (Wildman–Crippen LogP) is 1.74. The summed E-state index contributed by atoms with van der Waals surface area (Å²) in [6, 6.07) is 0.392. The Balaban J connectivity index is 2.07. The molecular weight excluding hydrogens is 226 g/mol. The highest BCUT2D eigenvalue weighted by Crippen LogP contribution is 2.25. The number of imidazole rings is 1. The number of fused-ring (bicyclic) bond motifs is 1. The van der Waals surface area contributed by atoms with Gasteiger partial charge in [-0.25, -0.2) is 4.98 Å². The summed E-state index contributed by atoms with van der Waals surface area (Å²) in [5.41, 5.74) is 3.46. The van der Waals surface area contributed by atoms with Crippen LogP contribution < -0.4 is 5.32 Å². The van der Waals surface area contributed by atoms with E-state index in [-0.39, 0.29) is 0 Å². The van der Waals surface area contributed by atoms with Crippen LogP contribution in [-0.4, -0.2) is 25.9 Å². The minimum absolute atomic E-state index is 0.392. The Morgan fingerprint density at radius 2 is 2.22 bits per heavy atom. The number of nitrogens with zero attached hydrogens (tertiary/aromatic N) is 4. The summed E-state index contributed by atoms with van der Waals surface area (Å²) < 4.78 is 4.32. The highest BCUT2D eigenvalue weighted by atomic mass is 15.3. The highest BCUT2D eigenvalue weighted by Gasteiger charge is 2.18. The second-order valence-electron chi connectivity index (χ2n) is 5.09. The van der Waals surface area contributed by atoms with Gasteiger partial charge in [0.1, 0.15) is 5.82 Å². The standard InChI is InChI=1S/C13H19N5/c1-9(2)18-8-11(10(3)16-18)12-6-15-13-7-14-4-5-17(12)13/h6,8-9,14H,4-5,7H2,1-3H3. The molecule has 0 spiro atoms. The van der Waals surface area contributed by atoms with Gasteiger partial charge >= 0.3 is 0 Å². The fraction of sp³-hybridized carbons (Fsp3) is 0.538. The van der Waals surface area contributed by atoms with Gasteiger partial charge in [-0.05, 0) is 20.8 Å². The van der Waals surface area contributed by atoms with E-state index >= 15 is 0 Å². The zero-order valence-electron chi connectivity index (χ0n) is 11.1. The maximum Gasteiger partial charge on any atom is 0.123 e. The third-order valence-electron chi connectivity index (χ3n) is 3.46. The molecular formula is C13H19N5. The largest absolute Gasteiger partial charge is 0.326 e. The van der Waals surface area contributed by atoms with Gasteiger partial charge in [-0.3, -0.25) is 4.68 Å². The third-order valence-corrected chi connectivity index (χ3v) is 3.46. The minimum atomic E-state index is 0.392. The monoisotopic (exact) mass is 245 g/mol. The molecule has 2 aromatic heterocycles. The number of aromatic nitrogens is 4. The lowest BCUT2D eigenvalue weighted by Gasteiger charge is -2.17. The zero-order chi connectivity index (χ0) is 12.7. The van der Waals surface area contributed by atoms with E-state index in [0.717, 1.165) is 31.2 Å². The molecule has 0 fully saturated rings. The van der Waals surface area contributed by atoms with Crippen molar-refractivity contribution < 1.29 is 0 Å². The first-order chi connectivity index (χ1) is 8.66. The molecule has 0 saturated carbocycles. The van der Waals surface area contributed by atoms with Crippen LogP contribution in [0.5, 0.6) is 0 Å². The van der Waals surface area contributed by atoms with E-state index in [1.54, 1.807) is 0 Å². The fourth-order valence-corrected chi connectivity index (χ4v) is 2.41. The molecule has 3 rings (SSSR count). The van der Waals surface area contributed by atoms with Crippen LogP contribution in [0.1, 0.15) is 31.4 Å². The van der Waals surface area contributed by atoms with E-state index in [1.807, 2.05) is 10.9 Å². The smallest absolute Gasteiger partial charge is 0.123 e. The molecule has 1 N–H and O–H groups in total. The number of aryl methyl sites for hydroxylation is 1. The molecule has 5 heteroatoms. The molecule has 0 unspecified atom stereocenters. The van der Waals surface area contributed by atoms with Crippen molar-refractivity contribution in [2.24, 2.45) is 0 Å². The van der Waals surface area contributed by atoms with Crippen LogP contribution in [0.3, 0.4) is 0 Å². The normalized spacial score (nSPS) is 15.1. The lowest BCUT2D eigenvalue weighted by Crippen LogP contribution is -2.28. The van der Waals surface area contributed by atoms with E-state index in [4.69, 9.17) is 0 Å². The third kappa shape index (κ3) is 1.75. The van der Waals surface area contributed by atoms with Gasteiger partial charge in [0.05, 0.1) is 24.1 Å². The average Bonchev–Trinajstić information content (AvgIpc) is 2.92. The Bertz CT molecular complexity index is 564. The van der Waals surface area contributed by atoms with Crippen molar-refractivity contribution in [2.75, 3.05) is 6.54 Å². The van der Waals surface area contributed by atoms with Crippen molar-refractivity contribution >= 4 is 0 Å². The minimum Gasteiger partial charge on any atom is -0.326 e. The fourth-order valence-electron chi connectivity index (χ4n) is 2.41. The lowest BCUT2D eigenvalue weighted by atomic mass is 10.2. The predicted molar refractivity (Wildman–Crippen MR) is 70.3 cm³/mol. The molecule has 5 nitrogen and oxygen atoms in total. The maximum atomic E-state index is 4.57. The van der Waals surface area contributed by atoms with Crippen molar-refractivity contribution in [1.29, 1.82) is 0 Å². The number of hydrogen-bond acceptors (Lipinski definition) is 3. The van der Waals surface area contributed by atoms with Crippen LogP contribution >= 0.6 is 0 Å². The molecule has 0 saturated heterocycles. The van der Waals surface area contributed by atoms with Crippen LogP contribution in [0.15, 0.2) is 12.4 Å². The van der Waals surface area contributed by atoms with Crippen molar-refractivity contribution in [1.82, 2.24) is 24.6 Å². The van der Waals surface area contributed by atoms with Gasteiger partial charge in [-0.15, -0.1) is 0 Å². The van der Waals surface area contributed by atoms with E-state index in [9.17, 15) is 0 Å². The van der Waals surface area contributed by atoms with Crippen molar-refractivity contribution in [3.05, 3.63) is 23.9 Å². The molecule has 0 radical (unpaired) electrons. The average molecular weight is 245 g/mol. The van der Waals surface area contributed by atoms with Gasteiger partial charge < -0.3 is 9.88 Å². The Morgan fingerprint density at radius 1 is 1.39 bits per heavy atom. The van der Waals surface area contributed by atoms with Crippen LogP contribution in [0, 0.1) is 6.92 Å². The molecule has 0 aliphatic carbocycles. The highest BCUT2D eigenvalue weighted by molar-refractivity contribution is 5.61. The van der Waals surface area contributed by atoms with Crippen molar-refractivity contribution in [2.45, 2.75) is 39.9 Å². The molecule has 1 aliphatic heterocycles. The van der Waals surface area contributed by atoms with Crippen LogP contribution in [0.2, 0.25) is 0 Å². The molecule has 0 atom stereocenters. The maximum absolute atomic E-state index is 4.57. The van der Waals surface area contributed by atoms with Gasteiger partial charge in [-0.1, -0.05) is 0 Å². The summed E-state index contributed by atoms with van der Waals surface area (Å²) in [6.07, 6.45) is 4.10. The SMILES string of the molecule is Cc1nn(C(C)C)cc1-c1cnc2n1CCNC2. The first-order valence-electron chi connectivity index (χ1n) is 6.48. The second-order valence-corrected chi connectivity index (χ2v) is 5.09. The van der Waals surface area contributed by atoms with Crippen LogP contribution in [0.25, 0.3) is 11.3 Å². The van der Waals surface area contributed by atoms with Crippen molar-refractivity contribution in [3.63, 3.8) is 0 Å². The van der Waals surface area contributed by atoms with E-state index in [1.165, 1.54) is 11.3 Å². The molecule has 96 valence electrons. The summed E-state index contributed by atoms with van der Waals surface area (Å²) in [5, 5.41) is 7.91. The first-order valence-corrected chi connectivity index (χ1v) is 6.48. The molecule has 1 aliphatic rings. The number of rotatable bonds is 2. The van der Waals surface area contributed by atoms with Gasteiger partial charge in [0.25, 0.3) is 0 Å². The summed E-state index contributed by atoms with van der Waals surface area (Å²) in [6.45, 7) is 9.20. The van der Waals surface area contributed by atoms with Gasteiger partial charge in [0.2, 0.25) is 0 Å². The van der Waals surface area contributed by atoms with Gasteiger partial charge in [0, 0.05) is 30.9 Å². The quantitative estimate of drug-likeness (QED) is 0.876. The summed E-state index contributed by atoms with van der Waals surface area (Å²) in [7, 11) is 0. The van der Waals surface area contributed by atoms with Crippen molar-refractivity contribution in [3.8, 4) is 11.3 Å². The first kappa shape index (κ1) is 11.5. The number of nitrogens with one attached hydrogen (secondary N) is 1. The molecule has 0 amide bonds. The molecule has 0 aromatic carbocycles. The van der Waals surface area contributed by atoms with E-state index in [0.29, 0.717) is 6.04 Å². The second kappa shape index (κ2) is 4.24. The van der Waals surface area contributed by atoms with Gasteiger partial charge in [0.15, 0.2) is 0 Å². The Morgan fingerprint density at radius 3 is 2.94 bits per heavy atom.